The van der Waals surface area contributed by atoms with Gasteiger partial charge in [-0.25, -0.2) is 9.61 Å². The molecule has 1 amide bonds. The summed E-state index contributed by atoms with van der Waals surface area (Å²) in [7, 11) is 0. The molecule has 7 heteroatoms. The molecule has 2 heterocycles. The summed E-state index contributed by atoms with van der Waals surface area (Å²) < 4.78 is 6.78. The third-order valence-electron chi connectivity index (χ3n) is 4.77. The minimum absolute atomic E-state index is 0.0197. The number of rotatable bonds is 6. The molecule has 0 bridgehead atoms. The van der Waals surface area contributed by atoms with Gasteiger partial charge in [-0.2, -0.15) is 0 Å². The summed E-state index contributed by atoms with van der Waals surface area (Å²) in [6.07, 6.45) is 1.46. The fraction of sp³-hybridized carbons (Fsp3) is 0.300. The average molecular weight is 363 g/mol. The van der Waals surface area contributed by atoms with Crippen molar-refractivity contribution in [1.82, 2.24) is 25.2 Å². The molecule has 0 fully saturated rings. The molecular weight excluding hydrogens is 342 g/mol. The summed E-state index contributed by atoms with van der Waals surface area (Å²) in [4.78, 5) is 17.7. The van der Waals surface area contributed by atoms with E-state index in [0.29, 0.717) is 24.0 Å². The van der Waals surface area contributed by atoms with E-state index in [0.717, 1.165) is 28.8 Å². The van der Waals surface area contributed by atoms with E-state index < -0.39 is 0 Å². The van der Waals surface area contributed by atoms with Crippen molar-refractivity contribution < 1.29 is 9.42 Å². The van der Waals surface area contributed by atoms with Crippen LogP contribution in [0.5, 0.6) is 0 Å². The first kappa shape index (κ1) is 17.2. The molecule has 0 unspecified atom stereocenters. The third kappa shape index (κ3) is 3.16. The Labute approximate surface area is 156 Å². The van der Waals surface area contributed by atoms with Crippen LogP contribution in [0.3, 0.4) is 0 Å². The van der Waals surface area contributed by atoms with Crippen molar-refractivity contribution in [2.24, 2.45) is 0 Å². The van der Waals surface area contributed by atoms with E-state index in [1.165, 1.54) is 0 Å². The molecule has 4 aromatic rings. The Bertz CT molecular complexity index is 1100. The zero-order valence-electron chi connectivity index (χ0n) is 15.3. The van der Waals surface area contributed by atoms with Gasteiger partial charge in [0.05, 0.1) is 11.0 Å². The molecule has 1 atom stereocenters. The fourth-order valence-corrected chi connectivity index (χ4v) is 3.42. The Morgan fingerprint density at radius 3 is 2.74 bits per heavy atom. The second kappa shape index (κ2) is 7.19. The van der Waals surface area contributed by atoms with E-state index in [2.05, 4.69) is 32.1 Å². The predicted molar refractivity (Wildman–Crippen MR) is 102 cm³/mol. The summed E-state index contributed by atoms with van der Waals surface area (Å²) >= 11 is 0. The number of hydrogen-bond donors (Lipinski definition) is 1. The van der Waals surface area contributed by atoms with Gasteiger partial charge in [-0.05, 0) is 46.6 Å². The largest absolute Gasteiger partial charge is 0.350 e. The number of fused-ring (bicyclic) bond motifs is 2. The van der Waals surface area contributed by atoms with Crippen LogP contribution in [0.15, 0.2) is 47.1 Å². The van der Waals surface area contributed by atoms with Crippen molar-refractivity contribution >= 4 is 28.0 Å². The smallest absolute Gasteiger partial charge is 0.243 e. The molecule has 4 rings (SSSR count). The first-order valence-corrected chi connectivity index (χ1v) is 9.16. The van der Waals surface area contributed by atoms with Crippen molar-refractivity contribution in [3.8, 4) is 0 Å². The van der Waals surface area contributed by atoms with Gasteiger partial charge in [-0.1, -0.05) is 32.0 Å². The van der Waals surface area contributed by atoms with Gasteiger partial charge in [0.1, 0.15) is 22.9 Å². The van der Waals surface area contributed by atoms with Gasteiger partial charge < -0.3 is 9.88 Å². The van der Waals surface area contributed by atoms with E-state index in [4.69, 9.17) is 4.63 Å². The lowest BCUT2D eigenvalue weighted by Gasteiger charge is -2.20. The number of para-hydroxylation sites is 2. The maximum absolute atomic E-state index is 13.0. The molecule has 2 aromatic heterocycles. The second-order valence-electron chi connectivity index (χ2n) is 6.47. The summed E-state index contributed by atoms with van der Waals surface area (Å²) in [6, 6.07) is 13.3. The third-order valence-corrected chi connectivity index (χ3v) is 4.77. The number of nitrogens with zero attached hydrogens (tertiary/aromatic N) is 4. The number of aryl methyl sites for hydroxylation is 1. The van der Waals surface area contributed by atoms with Crippen molar-refractivity contribution in [1.29, 1.82) is 0 Å². The van der Waals surface area contributed by atoms with Crippen LogP contribution in [0.4, 0.5) is 0 Å². The van der Waals surface area contributed by atoms with E-state index in [1.807, 2.05) is 49.4 Å². The molecule has 7 nitrogen and oxygen atoms in total. The highest BCUT2D eigenvalue weighted by Crippen LogP contribution is 2.24. The SMILES string of the molecule is CCc1nc2ccccc2n1[C@H](CC)C(=O)NCc1ccc2nonc2c1. The van der Waals surface area contributed by atoms with Gasteiger partial charge in [-0.15, -0.1) is 0 Å². The van der Waals surface area contributed by atoms with Gasteiger partial charge in [0.2, 0.25) is 5.91 Å². The van der Waals surface area contributed by atoms with Crippen LogP contribution in [0.2, 0.25) is 0 Å². The average Bonchev–Trinajstić information content (AvgIpc) is 3.31. The Kier molecular flexibility index (Phi) is 4.58. The molecule has 1 N–H and O–H groups in total. The van der Waals surface area contributed by atoms with Gasteiger partial charge in [0.25, 0.3) is 0 Å². The highest BCUT2D eigenvalue weighted by atomic mass is 16.6. The van der Waals surface area contributed by atoms with Crippen LogP contribution in [-0.2, 0) is 17.8 Å². The van der Waals surface area contributed by atoms with Gasteiger partial charge in [0, 0.05) is 13.0 Å². The summed E-state index contributed by atoms with van der Waals surface area (Å²) in [5.74, 6) is 0.905. The number of aromatic nitrogens is 4. The van der Waals surface area contributed by atoms with Crippen LogP contribution in [0.1, 0.15) is 37.7 Å². The van der Waals surface area contributed by atoms with Crippen LogP contribution in [-0.4, -0.2) is 25.8 Å². The molecular formula is C20H21N5O2. The molecule has 0 aliphatic rings. The molecule has 0 aliphatic heterocycles. The van der Waals surface area contributed by atoms with E-state index >= 15 is 0 Å². The second-order valence-corrected chi connectivity index (χ2v) is 6.47. The van der Waals surface area contributed by atoms with Crippen molar-refractivity contribution in [3.05, 3.63) is 53.9 Å². The minimum atomic E-state index is -0.301. The predicted octanol–water partition coefficient (Wildman–Crippen LogP) is 3.40. The topological polar surface area (TPSA) is 85.8 Å². The number of nitrogens with one attached hydrogen (secondary N) is 1. The first-order chi connectivity index (χ1) is 13.2. The molecule has 0 saturated heterocycles. The number of benzene rings is 2. The lowest BCUT2D eigenvalue weighted by molar-refractivity contribution is -0.124. The molecule has 138 valence electrons. The van der Waals surface area contributed by atoms with Crippen molar-refractivity contribution in [3.63, 3.8) is 0 Å². The van der Waals surface area contributed by atoms with E-state index in [1.54, 1.807) is 0 Å². The lowest BCUT2D eigenvalue weighted by atomic mass is 10.1. The van der Waals surface area contributed by atoms with Gasteiger partial charge in [-0.3, -0.25) is 4.79 Å². The first-order valence-electron chi connectivity index (χ1n) is 9.16. The zero-order chi connectivity index (χ0) is 18.8. The summed E-state index contributed by atoms with van der Waals surface area (Å²) in [5, 5.41) is 10.7. The Hall–Kier alpha value is -3.22. The fourth-order valence-electron chi connectivity index (χ4n) is 3.42. The standard InChI is InChI=1S/C20H21N5O2/c1-3-17(25-18-8-6-5-7-15(18)22-19(25)4-2)20(26)21-12-13-9-10-14-16(11-13)24-27-23-14/h5-11,17H,3-4,12H2,1-2H3,(H,21,26)/t17-/m1/s1. The summed E-state index contributed by atoms with van der Waals surface area (Å²) in [6.45, 7) is 4.50. The summed E-state index contributed by atoms with van der Waals surface area (Å²) in [5.41, 5.74) is 4.25. The molecule has 27 heavy (non-hydrogen) atoms. The monoisotopic (exact) mass is 363 g/mol. The highest BCUT2D eigenvalue weighted by molar-refractivity contribution is 5.84. The normalized spacial score (nSPS) is 12.5. The lowest BCUT2D eigenvalue weighted by Crippen LogP contribution is -2.32. The van der Waals surface area contributed by atoms with E-state index in [-0.39, 0.29) is 11.9 Å². The zero-order valence-corrected chi connectivity index (χ0v) is 15.3. The number of carbonyl (C=O) groups is 1. The highest BCUT2D eigenvalue weighted by Gasteiger charge is 2.23. The van der Waals surface area contributed by atoms with Crippen LogP contribution in [0.25, 0.3) is 22.1 Å². The van der Waals surface area contributed by atoms with E-state index in [9.17, 15) is 4.79 Å². The van der Waals surface area contributed by atoms with Gasteiger partial charge in [0.15, 0.2) is 0 Å². The van der Waals surface area contributed by atoms with Crippen LogP contribution < -0.4 is 5.32 Å². The van der Waals surface area contributed by atoms with Crippen LogP contribution >= 0.6 is 0 Å². The molecule has 2 aromatic carbocycles. The maximum atomic E-state index is 13.0. The molecule has 0 radical (unpaired) electrons. The molecule has 0 aliphatic carbocycles. The van der Waals surface area contributed by atoms with Crippen molar-refractivity contribution in [2.75, 3.05) is 0 Å². The number of imidazole rings is 1. The van der Waals surface area contributed by atoms with Gasteiger partial charge >= 0.3 is 0 Å². The number of hydrogen-bond acceptors (Lipinski definition) is 5. The quantitative estimate of drug-likeness (QED) is 0.567. The maximum Gasteiger partial charge on any atom is 0.243 e. The molecule has 0 saturated carbocycles. The number of carbonyl (C=O) groups excluding carboxylic acids is 1. The van der Waals surface area contributed by atoms with Crippen LogP contribution in [0, 0.1) is 0 Å². The number of amides is 1. The Morgan fingerprint density at radius 2 is 1.93 bits per heavy atom. The van der Waals surface area contributed by atoms with Crippen molar-refractivity contribution in [2.45, 2.75) is 39.3 Å². The Balaban J connectivity index is 1.58. The molecule has 0 spiro atoms. The Morgan fingerprint density at radius 1 is 1.11 bits per heavy atom. The minimum Gasteiger partial charge on any atom is -0.350 e.